The van der Waals surface area contributed by atoms with Gasteiger partial charge in [0.1, 0.15) is 5.76 Å². The number of rotatable bonds is 4. The van der Waals surface area contributed by atoms with Gasteiger partial charge in [0, 0.05) is 9.75 Å². The fourth-order valence-corrected chi connectivity index (χ4v) is 4.23. The summed E-state index contributed by atoms with van der Waals surface area (Å²) in [6.07, 6.45) is 1.38. The molecule has 7 heteroatoms. The molecule has 0 fully saturated rings. The second-order valence-electron chi connectivity index (χ2n) is 5.42. The molecule has 5 nitrogen and oxygen atoms in total. The van der Waals surface area contributed by atoms with E-state index in [1.54, 1.807) is 24.3 Å². The van der Waals surface area contributed by atoms with Gasteiger partial charge in [-0.05, 0) is 45.0 Å². The van der Waals surface area contributed by atoms with Gasteiger partial charge in [-0.1, -0.05) is 22.9 Å². The minimum atomic E-state index is -3.69. The molecule has 1 aromatic carbocycles. The van der Waals surface area contributed by atoms with Gasteiger partial charge in [0.15, 0.2) is 0 Å². The molecule has 0 radical (unpaired) electrons. The molecule has 0 aliphatic rings. The number of hydrogen-bond donors (Lipinski definition) is 0. The van der Waals surface area contributed by atoms with Crippen molar-refractivity contribution < 1.29 is 12.9 Å². The number of sulfonamides is 1. The van der Waals surface area contributed by atoms with Crippen LogP contribution in [0.15, 0.2) is 50.2 Å². The lowest BCUT2D eigenvalue weighted by atomic mass is 10.2. The van der Waals surface area contributed by atoms with E-state index in [0.717, 1.165) is 32.3 Å². The highest BCUT2D eigenvalue weighted by atomic mass is 32.2. The number of nitrogens with zero attached hydrogens (tertiary/aromatic N) is 2. The maximum atomic E-state index is 12.2. The maximum Gasteiger partial charge on any atom is 0.282 e. The summed E-state index contributed by atoms with van der Waals surface area (Å²) in [7, 11) is -3.69. The van der Waals surface area contributed by atoms with Crippen LogP contribution in [-0.2, 0) is 10.0 Å². The Labute approximate surface area is 144 Å². The Morgan fingerprint density at radius 2 is 1.79 bits per heavy atom. The molecule has 0 saturated heterocycles. The Kier molecular flexibility index (Phi) is 4.38. The fraction of sp³-hybridized carbons (Fsp3) is 0.176. The van der Waals surface area contributed by atoms with E-state index in [9.17, 15) is 8.42 Å². The van der Waals surface area contributed by atoms with Crippen molar-refractivity contribution in [1.29, 1.82) is 0 Å². The lowest BCUT2D eigenvalue weighted by molar-refractivity contribution is 0.393. The van der Waals surface area contributed by atoms with Crippen molar-refractivity contribution >= 4 is 27.6 Å². The van der Waals surface area contributed by atoms with Crippen molar-refractivity contribution in [2.45, 2.75) is 25.7 Å². The molecule has 0 bridgehead atoms. The lowest BCUT2D eigenvalue weighted by Crippen LogP contribution is -1.97. The van der Waals surface area contributed by atoms with Crippen LogP contribution < -0.4 is 0 Å². The van der Waals surface area contributed by atoms with Gasteiger partial charge in [-0.3, -0.25) is 0 Å². The molecule has 3 rings (SSSR count). The average molecular weight is 360 g/mol. The first-order valence-electron chi connectivity index (χ1n) is 7.27. The molecule has 2 heterocycles. The zero-order valence-corrected chi connectivity index (χ0v) is 15.1. The molecule has 0 unspecified atom stereocenters. The van der Waals surface area contributed by atoms with E-state index in [2.05, 4.69) is 9.55 Å². The molecule has 124 valence electrons. The van der Waals surface area contributed by atoms with Gasteiger partial charge in [0.2, 0.25) is 0 Å². The zero-order valence-electron chi connectivity index (χ0n) is 13.5. The molecule has 0 N–H and O–H groups in total. The normalized spacial score (nSPS) is 12.1. The Morgan fingerprint density at radius 3 is 2.42 bits per heavy atom. The largest absolute Gasteiger partial charge is 0.361 e. The lowest BCUT2D eigenvalue weighted by Gasteiger charge is -1.98. The van der Waals surface area contributed by atoms with Crippen molar-refractivity contribution in [2.24, 2.45) is 4.40 Å². The quantitative estimate of drug-likeness (QED) is 0.656. The van der Waals surface area contributed by atoms with Crippen LogP contribution in [0.3, 0.4) is 0 Å². The third-order valence-corrected chi connectivity index (χ3v) is 5.83. The van der Waals surface area contributed by atoms with Gasteiger partial charge in [0.25, 0.3) is 10.0 Å². The topological polar surface area (TPSA) is 72.5 Å². The molecule has 24 heavy (non-hydrogen) atoms. The molecule has 0 amide bonds. The first-order chi connectivity index (χ1) is 11.4. The molecule has 3 aromatic rings. The zero-order chi connectivity index (χ0) is 17.3. The maximum absolute atomic E-state index is 12.2. The first kappa shape index (κ1) is 16.6. The summed E-state index contributed by atoms with van der Waals surface area (Å²) in [5.41, 5.74) is 2.76. The summed E-state index contributed by atoms with van der Waals surface area (Å²) in [6.45, 7) is 5.63. The van der Waals surface area contributed by atoms with Gasteiger partial charge in [-0.2, -0.15) is 12.8 Å². The highest BCUT2D eigenvalue weighted by Crippen LogP contribution is 2.32. The van der Waals surface area contributed by atoms with E-state index < -0.39 is 10.0 Å². The standard InChI is InChI=1S/C17H16N2O3S2/c1-11-4-7-15(8-5-11)24(20,21)18-10-14-6-9-16(23-14)17-12(2)19-22-13(17)3/h4-10H,1-3H3/b18-10+. The first-order valence-corrected chi connectivity index (χ1v) is 9.52. The predicted molar refractivity (Wildman–Crippen MR) is 95.2 cm³/mol. The number of aromatic nitrogens is 1. The van der Waals surface area contributed by atoms with E-state index in [-0.39, 0.29) is 4.90 Å². The van der Waals surface area contributed by atoms with Gasteiger partial charge in [-0.15, -0.1) is 11.3 Å². The summed E-state index contributed by atoms with van der Waals surface area (Å²) < 4.78 is 33.4. The van der Waals surface area contributed by atoms with E-state index in [1.165, 1.54) is 17.6 Å². The van der Waals surface area contributed by atoms with Crippen molar-refractivity contribution in [3.05, 3.63) is 58.3 Å². The SMILES string of the molecule is Cc1ccc(S(=O)(=O)/N=C/c2ccc(-c3c(C)noc3C)s2)cc1. The smallest absolute Gasteiger partial charge is 0.282 e. The van der Waals surface area contributed by atoms with Crippen LogP contribution in [0, 0.1) is 20.8 Å². The van der Waals surface area contributed by atoms with Gasteiger partial charge < -0.3 is 4.52 Å². The van der Waals surface area contributed by atoms with Crippen LogP contribution >= 0.6 is 11.3 Å². The molecular weight excluding hydrogens is 344 g/mol. The van der Waals surface area contributed by atoms with E-state index in [0.29, 0.717) is 0 Å². The third-order valence-electron chi connectivity index (χ3n) is 3.54. The molecule has 2 aromatic heterocycles. The Bertz CT molecular complexity index is 977. The second-order valence-corrected chi connectivity index (χ2v) is 8.17. The molecule has 0 spiro atoms. The number of hydrogen-bond acceptors (Lipinski definition) is 5. The van der Waals surface area contributed by atoms with Crippen LogP contribution in [0.5, 0.6) is 0 Å². The summed E-state index contributed by atoms with van der Waals surface area (Å²) in [5, 5.41) is 3.94. The monoisotopic (exact) mass is 360 g/mol. The number of aryl methyl sites for hydroxylation is 3. The summed E-state index contributed by atoms with van der Waals surface area (Å²) >= 11 is 1.44. The van der Waals surface area contributed by atoms with Crippen LogP contribution in [0.1, 0.15) is 21.9 Å². The number of thiophene rings is 1. The highest BCUT2D eigenvalue weighted by Gasteiger charge is 2.14. The van der Waals surface area contributed by atoms with Crippen LogP contribution in [0.4, 0.5) is 0 Å². The average Bonchev–Trinajstić information content (AvgIpc) is 3.12. The Balaban J connectivity index is 1.87. The van der Waals surface area contributed by atoms with Crippen molar-refractivity contribution in [3.63, 3.8) is 0 Å². The third kappa shape index (κ3) is 3.32. The molecule has 0 atom stereocenters. The van der Waals surface area contributed by atoms with E-state index >= 15 is 0 Å². The molecule has 0 aliphatic carbocycles. The highest BCUT2D eigenvalue weighted by molar-refractivity contribution is 7.90. The van der Waals surface area contributed by atoms with Gasteiger partial charge >= 0.3 is 0 Å². The van der Waals surface area contributed by atoms with Crippen molar-refractivity contribution in [1.82, 2.24) is 5.16 Å². The van der Waals surface area contributed by atoms with Crippen molar-refractivity contribution in [2.75, 3.05) is 0 Å². The van der Waals surface area contributed by atoms with E-state index in [1.807, 2.05) is 32.9 Å². The van der Waals surface area contributed by atoms with Crippen LogP contribution in [0.25, 0.3) is 10.4 Å². The second kappa shape index (κ2) is 6.33. The van der Waals surface area contributed by atoms with Gasteiger partial charge in [-0.25, -0.2) is 0 Å². The van der Waals surface area contributed by atoms with E-state index in [4.69, 9.17) is 4.52 Å². The summed E-state index contributed by atoms with van der Waals surface area (Å²) in [5.74, 6) is 0.741. The summed E-state index contributed by atoms with van der Waals surface area (Å²) in [4.78, 5) is 1.91. The minimum absolute atomic E-state index is 0.187. The predicted octanol–water partition coefficient (Wildman–Crippen LogP) is 4.14. The van der Waals surface area contributed by atoms with Gasteiger partial charge in [0.05, 0.1) is 22.4 Å². The van der Waals surface area contributed by atoms with Crippen LogP contribution in [-0.4, -0.2) is 19.8 Å². The molecule has 0 saturated carbocycles. The van der Waals surface area contributed by atoms with Crippen LogP contribution in [0.2, 0.25) is 0 Å². The summed E-state index contributed by atoms with van der Waals surface area (Å²) in [6, 6.07) is 10.4. The molecular formula is C17H16N2O3S2. The number of benzene rings is 1. The molecule has 0 aliphatic heterocycles. The Hall–Kier alpha value is -2.25. The Morgan fingerprint density at radius 1 is 1.08 bits per heavy atom. The fourth-order valence-electron chi connectivity index (χ4n) is 2.28. The minimum Gasteiger partial charge on any atom is -0.361 e. The van der Waals surface area contributed by atoms with Crippen molar-refractivity contribution in [3.8, 4) is 10.4 Å².